The Kier molecular flexibility index (Phi) is 5.50. The van der Waals surface area contributed by atoms with Crippen LogP contribution in [0.3, 0.4) is 0 Å². The predicted octanol–water partition coefficient (Wildman–Crippen LogP) is 2.53. The molecule has 5 nitrogen and oxygen atoms in total. The molecule has 1 saturated heterocycles. The van der Waals surface area contributed by atoms with E-state index in [1.54, 1.807) is 24.3 Å². The number of rotatable bonds is 5. The Bertz CT molecular complexity index is 774. The second kappa shape index (κ2) is 7.60. The van der Waals surface area contributed by atoms with Gasteiger partial charge in [-0.25, -0.2) is 17.8 Å². The highest BCUT2D eigenvalue weighted by molar-refractivity contribution is 7.98. The molecular weight excluding hydrogens is 351 g/mol. The van der Waals surface area contributed by atoms with E-state index in [-0.39, 0.29) is 10.7 Å². The van der Waals surface area contributed by atoms with Crippen molar-refractivity contribution < 1.29 is 17.5 Å². The summed E-state index contributed by atoms with van der Waals surface area (Å²) in [5.41, 5.74) is 0.980. The van der Waals surface area contributed by atoms with Gasteiger partial charge in [-0.05, 0) is 29.8 Å². The molecule has 0 amide bonds. The van der Waals surface area contributed by atoms with Gasteiger partial charge in [0.15, 0.2) is 0 Å². The molecule has 0 unspecified atom stereocenters. The van der Waals surface area contributed by atoms with Crippen LogP contribution in [0.1, 0.15) is 5.56 Å². The summed E-state index contributed by atoms with van der Waals surface area (Å²) in [5.74, 6) is 0.377. The lowest BCUT2D eigenvalue weighted by atomic mass is 10.2. The Morgan fingerprint density at radius 2 is 1.83 bits per heavy atom. The second-order valence-corrected chi connectivity index (χ2v) is 8.20. The third-order valence-electron chi connectivity index (χ3n) is 3.62. The number of hydrogen-bond acceptors (Lipinski definition) is 5. The third-order valence-corrected chi connectivity index (χ3v) is 6.51. The number of benzene rings is 1. The van der Waals surface area contributed by atoms with Gasteiger partial charge in [0.05, 0.1) is 18.2 Å². The normalized spacial score (nSPS) is 16.2. The lowest BCUT2D eigenvalue weighted by Gasteiger charge is -2.25. The third kappa shape index (κ3) is 4.13. The first kappa shape index (κ1) is 17.3. The van der Waals surface area contributed by atoms with Crippen molar-refractivity contribution in [1.82, 2.24) is 9.29 Å². The van der Waals surface area contributed by atoms with Crippen molar-refractivity contribution in [3.8, 4) is 0 Å². The van der Waals surface area contributed by atoms with E-state index < -0.39 is 10.0 Å². The summed E-state index contributed by atoms with van der Waals surface area (Å²) in [5, 5.41) is 0.722. The molecule has 1 aromatic carbocycles. The van der Waals surface area contributed by atoms with E-state index in [0.29, 0.717) is 32.1 Å². The van der Waals surface area contributed by atoms with Crippen LogP contribution in [0.25, 0.3) is 0 Å². The molecule has 2 heterocycles. The fourth-order valence-corrected chi connectivity index (χ4v) is 4.43. The van der Waals surface area contributed by atoms with Crippen molar-refractivity contribution in [2.24, 2.45) is 0 Å². The van der Waals surface area contributed by atoms with Gasteiger partial charge in [0.25, 0.3) is 0 Å². The number of ether oxygens (including phenoxy) is 1. The zero-order valence-electron chi connectivity index (χ0n) is 12.9. The zero-order valence-corrected chi connectivity index (χ0v) is 14.5. The number of nitrogens with zero attached hydrogens (tertiary/aromatic N) is 2. The van der Waals surface area contributed by atoms with Gasteiger partial charge in [-0.15, -0.1) is 11.8 Å². The van der Waals surface area contributed by atoms with Gasteiger partial charge in [0, 0.05) is 25.0 Å². The molecule has 2 aromatic rings. The van der Waals surface area contributed by atoms with Crippen LogP contribution in [0.2, 0.25) is 0 Å². The fraction of sp³-hybridized carbons (Fsp3) is 0.312. The van der Waals surface area contributed by atoms with Gasteiger partial charge in [-0.2, -0.15) is 4.31 Å². The molecule has 0 radical (unpaired) electrons. The van der Waals surface area contributed by atoms with Gasteiger partial charge in [-0.3, -0.25) is 0 Å². The molecule has 1 fully saturated rings. The van der Waals surface area contributed by atoms with Crippen molar-refractivity contribution in [2.45, 2.75) is 15.7 Å². The maximum atomic E-state index is 12.9. The average Bonchev–Trinajstić information content (AvgIpc) is 2.62. The minimum absolute atomic E-state index is 0.190. The molecule has 0 atom stereocenters. The Morgan fingerprint density at radius 3 is 2.46 bits per heavy atom. The van der Waals surface area contributed by atoms with Crippen LogP contribution in [0, 0.1) is 5.82 Å². The number of morpholine rings is 1. The summed E-state index contributed by atoms with van der Waals surface area (Å²) in [6, 6.07) is 9.55. The molecule has 3 rings (SSSR count). The van der Waals surface area contributed by atoms with Crippen molar-refractivity contribution >= 4 is 21.8 Å². The highest BCUT2D eigenvalue weighted by Crippen LogP contribution is 2.23. The second-order valence-electron chi connectivity index (χ2n) is 5.26. The first-order chi connectivity index (χ1) is 11.6. The molecular formula is C16H17FN2O3S2. The van der Waals surface area contributed by atoms with E-state index in [9.17, 15) is 12.8 Å². The molecule has 1 aromatic heterocycles. The van der Waals surface area contributed by atoms with E-state index in [4.69, 9.17) is 4.74 Å². The number of halogens is 1. The highest BCUT2D eigenvalue weighted by atomic mass is 32.2. The molecule has 0 aliphatic carbocycles. The molecule has 128 valence electrons. The quantitative estimate of drug-likeness (QED) is 0.759. The maximum absolute atomic E-state index is 12.9. The maximum Gasteiger partial charge on any atom is 0.244 e. The minimum Gasteiger partial charge on any atom is -0.379 e. The molecule has 0 spiro atoms. The highest BCUT2D eigenvalue weighted by Gasteiger charge is 2.26. The molecule has 1 aliphatic heterocycles. The minimum atomic E-state index is -3.51. The van der Waals surface area contributed by atoms with Crippen LogP contribution in [-0.2, 0) is 20.5 Å². The standard InChI is InChI=1S/C16H17FN2O3S2/c17-14-3-1-13(2-4-14)12-23-16-6-5-15(11-18-16)24(20,21)19-7-9-22-10-8-19/h1-6,11H,7-10,12H2. The van der Waals surface area contributed by atoms with Crippen molar-refractivity contribution in [2.75, 3.05) is 26.3 Å². The Hall–Kier alpha value is -1.48. The van der Waals surface area contributed by atoms with Crippen LogP contribution in [0.5, 0.6) is 0 Å². The molecule has 1 aliphatic rings. The molecule has 0 N–H and O–H groups in total. The van der Waals surface area contributed by atoms with E-state index in [1.165, 1.54) is 34.4 Å². The van der Waals surface area contributed by atoms with Crippen LogP contribution < -0.4 is 0 Å². The summed E-state index contributed by atoms with van der Waals surface area (Å²) in [4.78, 5) is 4.41. The Labute approximate surface area is 144 Å². The average molecular weight is 368 g/mol. The van der Waals surface area contributed by atoms with E-state index in [2.05, 4.69) is 4.98 Å². The summed E-state index contributed by atoms with van der Waals surface area (Å²) < 4.78 is 44.5. The number of aromatic nitrogens is 1. The number of pyridine rings is 1. The lowest BCUT2D eigenvalue weighted by Crippen LogP contribution is -2.40. The van der Waals surface area contributed by atoms with Gasteiger partial charge in [0.1, 0.15) is 10.7 Å². The van der Waals surface area contributed by atoms with E-state index >= 15 is 0 Å². The molecule has 0 saturated carbocycles. The first-order valence-electron chi connectivity index (χ1n) is 7.47. The summed E-state index contributed by atoms with van der Waals surface area (Å²) in [6.07, 6.45) is 1.39. The van der Waals surface area contributed by atoms with Gasteiger partial charge < -0.3 is 4.74 Å². The van der Waals surface area contributed by atoms with Gasteiger partial charge in [-0.1, -0.05) is 12.1 Å². The predicted molar refractivity (Wildman–Crippen MR) is 89.8 cm³/mol. The Morgan fingerprint density at radius 1 is 1.12 bits per heavy atom. The topological polar surface area (TPSA) is 59.5 Å². The number of hydrogen-bond donors (Lipinski definition) is 0. The lowest BCUT2D eigenvalue weighted by molar-refractivity contribution is 0.0730. The van der Waals surface area contributed by atoms with Crippen LogP contribution in [0.15, 0.2) is 52.5 Å². The largest absolute Gasteiger partial charge is 0.379 e. The monoisotopic (exact) mass is 368 g/mol. The van der Waals surface area contributed by atoms with Crippen molar-refractivity contribution in [3.05, 3.63) is 54.0 Å². The number of thioether (sulfide) groups is 1. The van der Waals surface area contributed by atoms with Crippen LogP contribution in [0.4, 0.5) is 4.39 Å². The smallest absolute Gasteiger partial charge is 0.244 e. The summed E-state index contributed by atoms with van der Waals surface area (Å²) >= 11 is 1.47. The summed E-state index contributed by atoms with van der Waals surface area (Å²) in [6.45, 7) is 1.56. The molecule has 0 bridgehead atoms. The fourth-order valence-electron chi connectivity index (χ4n) is 2.28. The SMILES string of the molecule is O=S(=O)(c1ccc(SCc2ccc(F)cc2)nc1)N1CCOCC1. The van der Waals surface area contributed by atoms with Gasteiger partial charge >= 0.3 is 0 Å². The van der Waals surface area contributed by atoms with Gasteiger partial charge in [0.2, 0.25) is 10.0 Å². The molecule has 8 heteroatoms. The Balaban J connectivity index is 1.65. The summed E-state index contributed by atoms with van der Waals surface area (Å²) in [7, 11) is -3.51. The van der Waals surface area contributed by atoms with Crippen molar-refractivity contribution in [3.63, 3.8) is 0 Å². The number of sulfonamides is 1. The van der Waals surface area contributed by atoms with Crippen molar-refractivity contribution in [1.29, 1.82) is 0 Å². The zero-order chi connectivity index (χ0) is 17.0. The van der Waals surface area contributed by atoms with E-state index in [0.717, 1.165) is 10.6 Å². The van der Waals surface area contributed by atoms with Crippen LogP contribution in [-0.4, -0.2) is 44.0 Å². The van der Waals surface area contributed by atoms with E-state index in [1.807, 2.05) is 0 Å². The first-order valence-corrected chi connectivity index (χ1v) is 9.89. The molecule has 24 heavy (non-hydrogen) atoms. The van der Waals surface area contributed by atoms with Crippen LogP contribution >= 0.6 is 11.8 Å².